The summed E-state index contributed by atoms with van der Waals surface area (Å²) in [5.74, 6) is 1.36. The second-order valence-electron chi connectivity index (χ2n) is 7.73. The molecule has 5 nitrogen and oxygen atoms in total. The first-order valence-electron chi connectivity index (χ1n) is 9.23. The summed E-state index contributed by atoms with van der Waals surface area (Å²) in [6.45, 7) is 2.72. The van der Waals surface area contributed by atoms with Crippen LogP contribution in [0.5, 0.6) is 5.75 Å². The predicted molar refractivity (Wildman–Crippen MR) is 98.1 cm³/mol. The van der Waals surface area contributed by atoms with Crippen LogP contribution in [0.3, 0.4) is 0 Å². The molecule has 3 aliphatic rings. The summed E-state index contributed by atoms with van der Waals surface area (Å²) in [4.78, 5) is 14.8. The predicted octanol–water partition coefficient (Wildman–Crippen LogP) is 3.26. The number of hydrogen-bond acceptors (Lipinski definition) is 5. The molecule has 0 bridgehead atoms. The van der Waals surface area contributed by atoms with Crippen molar-refractivity contribution in [3.63, 3.8) is 0 Å². The van der Waals surface area contributed by atoms with Crippen LogP contribution in [0.1, 0.15) is 36.6 Å². The topological polar surface area (TPSA) is 50.6 Å². The molecule has 2 aromatic rings. The summed E-state index contributed by atoms with van der Waals surface area (Å²) in [5, 5.41) is 0. The van der Waals surface area contributed by atoms with E-state index in [9.17, 15) is 8.78 Å². The zero-order chi connectivity index (χ0) is 18.6. The summed E-state index contributed by atoms with van der Waals surface area (Å²) >= 11 is 0. The number of hydrogen-bond donors (Lipinski definition) is 0. The van der Waals surface area contributed by atoms with Gasteiger partial charge in [-0.15, -0.1) is 0 Å². The monoisotopic (exact) mass is 370 g/mol. The fourth-order valence-electron chi connectivity index (χ4n) is 3.57. The minimum atomic E-state index is -1.48. The first-order chi connectivity index (χ1) is 13.0. The number of fused-ring (bicyclic) bond motifs is 1. The highest BCUT2D eigenvalue weighted by Gasteiger charge is 2.40. The summed E-state index contributed by atoms with van der Waals surface area (Å²) < 4.78 is 33.1. The molecule has 7 heteroatoms. The molecule has 27 heavy (non-hydrogen) atoms. The molecule has 0 spiro atoms. The van der Waals surface area contributed by atoms with Gasteiger partial charge in [0, 0.05) is 11.6 Å². The number of halogens is 2. The molecule has 1 aliphatic carbocycles. The zero-order valence-electron chi connectivity index (χ0n) is 15.0. The second-order valence-corrected chi connectivity index (χ2v) is 7.73. The molecule has 5 rings (SSSR count). The fraction of sp³-hybridized carbons (Fsp3) is 0.450. The van der Waals surface area contributed by atoms with Crippen molar-refractivity contribution < 1.29 is 13.5 Å². The summed E-state index contributed by atoms with van der Waals surface area (Å²) in [6.07, 6.45) is 0.617. The molecule has 2 atom stereocenters. The van der Waals surface area contributed by atoms with Gasteiger partial charge in [0.2, 0.25) is 0 Å². The molecular formula is C20H20F2N4O. The lowest BCUT2D eigenvalue weighted by atomic mass is 10.0. The number of alkyl halides is 2. The van der Waals surface area contributed by atoms with Crippen LogP contribution < -0.4 is 9.64 Å². The van der Waals surface area contributed by atoms with Crippen molar-refractivity contribution in [2.75, 3.05) is 18.0 Å². The van der Waals surface area contributed by atoms with Crippen LogP contribution in [0.4, 0.5) is 14.6 Å². The van der Waals surface area contributed by atoms with Crippen molar-refractivity contribution in [3.8, 4) is 5.75 Å². The number of ether oxygens (including phenoxy) is 1. The first kappa shape index (κ1) is 16.6. The SMILES string of the molecule is CC1(Oc2ccc3c(c2)C(c2cc(N4C[C@H](F)[C@@H](F)C4)ncn2)=NC3)CC1. The van der Waals surface area contributed by atoms with E-state index < -0.39 is 12.3 Å². The van der Waals surface area contributed by atoms with E-state index in [2.05, 4.69) is 21.9 Å². The molecule has 0 radical (unpaired) electrons. The molecule has 0 unspecified atom stereocenters. The van der Waals surface area contributed by atoms with Crippen molar-refractivity contribution in [1.29, 1.82) is 0 Å². The van der Waals surface area contributed by atoms with Gasteiger partial charge in [-0.25, -0.2) is 18.7 Å². The molecule has 2 fully saturated rings. The maximum Gasteiger partial charge on any atom is 0.150 e. The van der Waals surface area contributed by atoms with Gasteiger partial charge in [0.15, 0.2) is 12.3 Å². The number of aromatic nitrogens is 2. The van der Waals surface area contributed by atoms with Gasteiger partial charge in [-0.3, -0.25) is 4.99 Å². The van der Waals surface area contributed by atoms with Gasteiger partial charge in [-0.2, -0.15) is 0 Å². The van der Waals surface area contributed by atoms with E-state index in [1.54, 1.807) is 11.0 Å². The Morgan fingerprint density at radius 2 is 1.89 bits per heavy atom. The Labute approximate surface area is 156 Å². The minimum absolute atomic E-state index is 0.0112. The lowest BCUT2D eigenvalue weighted by Gasteiger charge is -2.17. The third kappa shape index (κ3) is 3.05. The third-order valence-corrected chi connectivity index (χ3v) is 5.46. The van der Waals surface area contributed by atoms with E-state index in [1.165, 1.54) is 6.33 Å². The van der Waals surface area contributed by atoms with E-state index >= 15 is 0 Å². The maximum atomic E-state index is 13.5. The van der Waals surface area contributed by atoms with Crippen LogP contribution in [0.25, 0.3) is 0 Å². The van der Waals surface area contributed by atoms with Gasteiger partial charge in [-0.1, -0.05) is 6.07 Å². The van der Waals surface area contributed by atoms with Crippen LogP contribution in [0.15, 0.2) is 35.6 Å². The largest absolute Gasteiger partial charge is 0.488 e. The molecular weight excluding hydrogens is 350 g/mol. The molecule has 0 N–H and O–H groups in total. The Hall–Kier alpha value is -2.57. The van der Waals surface area contributed by atoms with Crippen molar-refractivity contribution in [2.45, 2.75) is 44.3 Å². The highest BCUT2D eigenvalue weighted by molar-refractivity contribution is 6.14. The molecule has 140 valence electrons. The fourth-order valence-corrected chi connectivity index (χ4v) is 3.57. The summed E-state index contributed by atoms with van der Waals surface area (Å²) in [5.41, 5.74) is 3.49. The molecule has 2 aliphatic heterocycles. The summed E-state index contributed by atoms with van der Waals surface area (Å²) in [6, 6.07) is 7.79. The molecule has 1 saturated heterocycles. The van der Waals surface area contributed by atoms with Gasteiger partial charge in [0.25, 0.3) is 0 Å². The number of benzene rings is 1. The van der Waals surface area contributed by atoms with Crippen LogP contribution in [0, 0.1) is 0 Å². The van der Waals surface area contributed by atoms with Gasteiger partial charge in [-0.05, 0) is 37.5 Å². The Balaban J connectivity index is 1.44. The van der Waals surface area contributed by atoms with Gasteiger partial charge in [0.05, 0.1) is 31.0 Å². The highest BCUT2D eigenvalue weighted by Crippen LogP contribution is 2.40. The normalized spacial score (nSPS) is 25.3. The number of aliphatic imine (C=N–C) groups is 1. The molecule has 1 saturated carbocycles. The average molecular weight is 370 g/mol. The van der Waals surface area contributed by atoms with Gasteiger partial charge in [0.1, 0.15) is 23.5 Å². The van der Waals surface area contributed by atoms with Gasteiger partial charge >= 0.3 is 0 Å². The maximum absolute atomic E-state index is 13.5. The Morgan fingerprint density at radius 1 is 1.11 bits per heavy atom. The quantitative estimate of drug-likeness (QED) is 0.829. The zero-order valence-corrected chi connectivity index (χ0v) is 15.0. The minimum Gasteiger partial charge on any atom is -0.488 e. The van der Waals surface area contributed by atoms with Crippen molar-refractivity contribution in [2.24, 2.45) is 4.99 Å². The van der Waals surface area contributed by atoms with Crippen molar-refractivity contribution in [1.82, 2.24) is 9.97 Å². The molecule has 0 amide bonds. The standard InChI is InChI=1S/C20H20F2N4O/c1-20(4-5-20)27-13-3-2-12-8-23-19(14(12)6-13)17-7-18(25-11-24-17)26-9-15(21)16(22)10-26/h2-3,6-7,11,15-16H,4-5,8-10H2,1H3/t15-,16-/m0/s1. The lowest BCUT2D eigenvalue weighted by molar-refractivity contribution is 0.200. The highest BCUT2D eigenvalue weighted by atomic mass is 19.2. The first-order valence-corrected chi connectivity index (χ1v) is 9.23. The van der Waals surface area contributed by atoms with E-state index in [-0.39, 0.29) is 18.7 Å². The molecule has 1 aromatic carbocycles. The Kier molecular flexibility index (Phi) is 3.67. The van der Waals surface area contributed by atoms with E-state index in [0.29, 0.717) is 18.1 Å². The smallest absolute Gasteiger partial charge is 0.150 e. The van der Waals surface area contributed by atoms with Crippen LogP contribution in [-0.2, 0) is 6.54 Å². The second kappa shape index (κ2) is 5.97. The van der Waals surface area contributed by atoms with Crippen molar-refractivity contribution in [3.05, 3.63) is 47.4 Å². The number of anilines is 1. The Morgan fingerprint density at radius 3 is 2.63 bits per heavy atom. The van der Waals surface area contributed by atoms with Crippen LogP contribution in [-0.4, -0.2) is 46.7 Å². The van der Waals surface area contributed by atoms with Crippen LogP contribution in [0.2, 0.25) is 0 Å². The molecule has 3 heterocycles. The summed E-state index contributed by atoms with van der Waals surface area (Å²) in [7, 11) is 0. The molecule has 1 aromatic heterocycles. The number of rotatable bonds is 4. The Bertz CT molecular complexity index is 918. The van der Waals surface area contributed by atoms with Gasteiger partial charge < -0.3 is 9.64 Å². The third-order valence-electron chi connectivity index (χ3n) is 5.46. The average Bonchev–Trinajstić information content (AvgIpc) is 3.09. The lowest BCUT2D eigenvalue weighted by Crippen LogP contribution is -2.22. The van der Waals surface area contributed by atoms with E-state index in [0.717, 1.165) is 35.4 Å². The van der Waals surface area contributed by atoms with Crippen molar-refractivity contribution >= 4 is 11.5 Å². The van der Waals surface area contributed by atoms with E-state index in [1.807, 2.05) is 18.2 Å². The van der Waals surface area contributed by atoms with Crippen LogP contribution >= 0.6 is 0 Å². The van der Waals surface area contributed by atoms with E-state index in [4.69, 9.17) is 4.74 Å². The number of nitrogens with zero attached hydrogens (tertiary/aromatic N) is 4.